The fourth-order valence-corrected chi connectivity index (χ4v) is 3.09. The molecule has 0 aliphatic heterocycles. The van der Waals surface area contributed by atoms with Crippen LogP contribution in [0.25, 0.3) is 0 Å². The van der Waals surface area contributed by atoms with Gasteiger partial charge in [-0.1, -0.05) is 18.2 Å². The van der Waals surface area contributed by atoms with Crippen LogP contribution in [-0.4, -0.2) is 52.4 Å². The van der Waals surface area contributed by atoms with Crippen molar-refractivity contribution in [1.82, 2.24) is 4.31 Å². The maximum atomic E-state index is 12.1. The van der Waals surface area contributed by atoms with Crippen LogP contribution in [0.1, 0.15) is 10.4 Å². The standard InChI is InChI=1S/C18H20N2O6S/c1-20(2)27(23,24)14-8-6-7-13(11-14)18(22)26-12-17(21)19-15-9-4-5-10-16(15)25-3/h4-11H,12H2,1-3H3,(H,19,21). The molecule has 8 nitrogen and oxygen atoms in total. The fourth-order valence-electron chi connectivity index (χ4n) is 2.14. The number of rotatable bonds is 7. The summed E-state index contributed by atoms with van der Waals surface area (Å²) in [6.07, 6.45) is 0. The lowest BCUT2D eigenvalue weighted by atomic mass is 10.2. The number of carbonyl (C=O) groups is 2. The average Bonchev–Trinajstić information content (AvgIpc) is 2.66. The van der Waals surface area contributed by atoms with Crippen molar-refractivity contribution in [1.29, 1.82) is 0 Å². The maximum absolute atomic E-state index is 12.1. The molecule has 0 heterocycles. The van der Waals surface area contributed by atoms with E-state index in [4.69, 9.17) is 9.47 Å². The SMILES string of the molecule is COc1ccccc1NC(=O)COC(=O)c1cccc(S(=O)(=O)N(C)C)c1. The van der Waals surface area contributed by atoms with Crippen molar-refractivity contribution in [3.8, 4) is 5.75 Å². The highest BCUT2D eigenvalue weighted by Crippen LogP contribution is 2.22. The molecule has 0 aromatic heterocycles. The topological polar surface area (TPSA) is 102 Å². The van der Waals surface area contributed by atoms with Crippen LogP contribution in [-0.2, 0) is 19.6 Å². The second kappa shape index (κ2) is 8.65. The summed E-state index contributed by atoms with van der Waals surface area (Å²) in [6.45, 7) is -0.526. The van der Waals surface area contributed by atoms with Crippen molar-refractivity contribution < 1.29 is 27.5 Å². The summed E-state index contributed by atoms with van der Waals surface area (Å²) in [5, 5.41) is 2.58. The lowest BCUT2D eigenvalue weighted by Gasteiger charge is -2.12. The van der Waals surface area contributed by atoms with Gasteiger partial charge < -0.3 is 14.8 Å². The van der Waals surface area contributed by atoms with Crippen molar-refractivity contribution in [3.63, 3.8) is 0 Å². The minimum atomic E-state index is -3.68. The van der Waals surface area contributed by atoms with E-state index in [9.17, 15) is 18.0 Å². The molecule has 0 bridgehead atoms. The molecule has 0 aliphatic carbocycles. The van der Waals surface area contributed by atoms with Gasteiger partial charge in [-0.3, -0.25) is 4.79 Å². The largest absolute Gasteiger partial charge is 0.495 e. The molecular weight excluding hydrogens is 372 g/mol. The Morgan fingerprint density at radius 1 is 1.07 bits per heavy atom. The molecule has 0 saturated carbocycles. The molecular formula is C18H20N2O6S. The number of hydrogen-bond acceptors (Lipinski definition) is 6. The van der Waals surface area contributed by atoms with Gasteiger partial charge in [-0.25, -0.2) is 17.5 Å². The quantitative estimate of drug-likeness (QED) is 0.720. The van der Waals surface area contributed by atoms with Crippen LogP contribution in [0.2, 0.25) is 0 Å². The summed E-state index contributed by atoms with van der Waals surface area (Å²) >= 11 is 0. The maximum Gasteiger partial charge on any atom is 0.338 e. The molecule has 1 N–H and O–H groups in total. The van der Waals surface area contributed by atoms with Gasteiger partial charge in [0.25, 0.3) is 5.91 Å². The van der Waals surface area contributed by atoms with Crippen LogP contribution in [0.3, 0.4) is 0 Å². The van der Waals surface area contributed by atoms with Gasteiger partial charge in [-0.15, -0.1) is 0 Å². The molecule has 0 fully saturated rings. The highest BCUT2D eigenvalue weighted by atomic mass is 32.2. The fraction of sp³-hybridized carbons (Fsp3) is 0.222. The molecule has 1 amide bonds. The summed E-state index contributed by atoms with van der Waals surface area (Å²) in [5.74, 6) is -0.885. The third-order valence-corrected chi connectivity index (χ3v) is 5.37. The minimum absolute atomic E-state index is 0.0306. The minimum Gasteiger partial charge on any atom is -0.495 e. The van der Waals surface area contributed by atoms with Crippen molar-refractivity contribution in [2.45, 2.75) is 4.90 Å². The lowest BCUT2D eigenvalue weighted by molar-refractivity contribution is -0.119. The molecule has 0 radical (unpaired) electrons. The van der Waals surface area contributed by atoms with Gasteiger partial charge in [-0.05, 0) is 30.3 Å². The van der Waals surface area contributed by atoms with E-state index in [1.165, 1.54) is 45.5 Å². The molecule has 0 aliphatic rings. The summed E-state index contributed by atoms with van der Waals surface area (Å²) < 4.78 is 35.4. The van der Waals surface area contributed by atoms with E-state index in [0.717, 1.165) is 4.31 Å². The summed E-state index contributed by atoms with van der Waals surface area (Å²) in [4.78, 5) is 24.1. The predicted octanol–water partition coefficient (Wildman–Crippen LogP) is 1.74. The number of benzene rings is 2. The Labute approximate surface area is 157 Å². The Bertz CT molecular complexity index is 940. The monoisotopic (exact) mass is 392 g/mol. The number of carbonyl (C=O) groups excluding carboxylic acids is 2. The molecule has 9 heteroatoms. The first-order chi connectivity index (χ1) is 12.8. The van der Waals surface area contributed by atoms with Gasteiger partial charge in [-0.2, -0.15) is 0 Å². The molecule has 2 aromatic rings. The Morgan fingerprint density at radius 3 is 2.44 bits per heavy atom. The molecule has 2 rings (SSSR count). The number of nitrogens with zero attached hydrogens (tertiary/aromatic N) is 1. The normalized spacial score (nSPS) is 11.1. The number of nitrogens with one attached hydrogen (secondary N) is 1. The van der Waals surface area contributed by atoms with Crippen molar-refractivity contribution in [2.24, 2.45) is 0 Å². The number of para-hydroxylation sites is 2. The van der Waals surface area contributed by atoms with Gasteiger partial charge >= 0.3 is 5.97 Å². The molecule has 0 spiro atoms. The molecule has 2 aromatic carbocycles. The Morgan fingerprint density at radius 2 is 1.78 bits per heavy atom. The Kier molecular flexibility index (Phi) is 6.54. The first-order valence-corrected chi connectivity index (χ1v) is 9.32. The van der Waals surface area contributed by atoms with E-state index in [2.05, 4.69) is 5.32 Å². The van der Waals surface area contributed by atoms with Gasteiger partial charge in [0.2, 0.25) is 10.0 Å². The van der Waals surface area contributed by atoms with Crippen molar-refractivity contribution in [2.75, 3.05) is 33.1 Å². The van der Waals surface area contributed by atoms with Crippen LogP contribution in [0.4, 0.5) is 5.69 Å². The van der Waals surface area contributed by atoms with E-state index >= 15 is 0 Å². The average molecular weight is 392 g/mol. The van der Waals surface area contributed by atoms with E-state index in [0.29, 0.717) is 11.4 Å². The molecule has 0 unspecified atom stereocenters. The van der Waals surface area contributed by atoms with Gasteiger partial charge in [0.05, 0.1) is 23.3 Å². The molecule has 0 saturated heterocycles. The first kappa shape index (κ1) is 20.4. The number of sulfonamides is 1. The highest BCUT2D eigenvalue weighted by Gasteiger charge is 2.19. The summed E-state index contributed by atoms with van der Waals surface area (Å²) in [7, 11) is 0.575. The lowest BCUT2D eigenvalue weighted by Crippen LogP contribution is -2.23. The van der Waals surface area contributed by atoms with Gasteiger partial charge in [0, 0.05) is 14.1 Å². The van der Waals surface area contributed by atoms with E-state index in [1.807, 2.05) is 0 Å². The number of anilines is 1. The van der Waals surface area contributed by atoms with E-state index in [-0.39, 0.29) is 10.5 Å². The summed E-state index contributed by atoms with van der Waals surface area (Å²) in [5.41, 5.74) is 0.475. The molecule has 0 atom stereocenters. The summed E-state index contributed by atoms with van der Waals surface area (Å²) in [6, 6.07) is 12.2. The highest BCUT2D eigenvalue weighted by molar-refractivity contribution is 7.89. The molecule has 27 heavy (non-hydrogen) atoms. The number of ether oxygens (including phenoxy) is 2. The van der Waals surface area contributed by atoms with Gasteiger partial charge in [0.15, 0.2) is 6.61 Å². The number of methoxy groups -OCH3 is 1. The van der Waals surface area contributed by atoms with Crippen molar-refractivity contribution >= 4 is 27.6 Å². The van der Waals surface area contributed by atoms with Crippen LogP contribution >= 0.6 is 0 Å². The zero-order valence-electron chi connectivity index (χ0n) is 15.1. The third-order valence-electron chi connectivity index (χ3n) is 3.56. The smallest absolute Gasteiger partial charge is 0.338 e. The number of hydrogen-bond donors (Lipinski definition) is 1. The van der Waals surface area contributed by atoms with Gasteiger partial charge in [0.1, 0.15) is 5.75 Å². The van der Waals surface area contributed by atoms with Crippen LogP contribution in [0, 0.1) is 0 Å². The van der Waals surface area contributed by atoms with Crippen LogP contribution in [0.5, 0.6) is 5.75 Å². The Hall–Kier alpha value is -2.91. The molecule has 144 valence electrons. The van der Waals surface area contributed by atoms with Crippen LogP contribution in [0.15, 0.2) is 53.4 Å². The zero-order valence-corrected chi connectivity index (χ0v) is 15.9. The zero-order chi connectivity index (χ0) is 20.0. The number of esters is 1. The third kappa shape index (κ3) is 5.05. The first-order valence-electron chi connectivity index (χ1n) is 7.88. The second-order valence-electron chi connectivity index (χ2n) is 5.64. The van der Waals surface area contributed by atoms with E-state index < -0.39 is 28.5 Å². The number of amides is 1. The Balaban J connectivity index is 2.03. The van der Waals surface area contributed by atoms with E-state index in [1.54, 1.807) is 24.3 Å². The van der Waals surface area contributed by atoms with Crippen molar-refractivity contribution in [3.05, 3.63) is 54.1 Å². The second-order valence-corrected chi connectivity index (χ2v) is 7.79. The predicted molar refractivity (Wildman–Crippen MR) is 99.2 cm³/mol. The van der Waals surface area contributed by atoms with Crippen LogP contribution < -0.4 is 10.1 Å².